The van der Waals surface area contributed by atoms with E-state index in [1.54, 1.807) is 23.8 Å². The number of pyridine rings is 1. The maximum Gasteiger partial charge on any atom is 0.368 e. The zero-order valence-electron chi connectivity index (χ0n) is 12.9. The third kappa shape index (κ3) is 2.93. The van der Waals surface area contributed by atoms with Crippen LogP contribution in [0.3, 0.4) is 0 Å². The van der Waals surface area contributed by atoms with E-state index in [0.29, 0.717) is 26.8 Å². The largest absolute Gasteiger partial charge is 0.503 e. The first-order valence-corrected chi connectivity index (χ1v) is 9.44. The molecule has 4 nitrogen and oxygen atoms in total. The maximum atomic E-state index is 12.8. The van der Waals surface area contributed by atoms with Gasteiger partial charge in [0.1, 0.15) is 5.75 Å². The van der Waals surface area contributed by atoms with E-state index in [-0.39, 0.29) is 11.3 Å². The summed E-state index contributed by atoms with van der Waals surface area (Å²) in [6.45, 7) is 2.48. The molecule has 5 heteroatoms. The number of fused-ring (bicyclic) bond motifs is 1. The molecule has 0 fully saturated rings. The second-order valence-corrected chi connectivity index (χ2v) is 7.85. The first kappa shape index (κ1) is 15.9. The number of hydrogen-bond donors (Lipinski definition) is 1. The van der Waals surface area contributed by atoms with Crippen LogP contribution in [0, 0.1) is 7.14 Å². The molecule has 0 aliphatic carbocycles. The zero-order valence-corrected chi connectivity index (χ0v) is 15.1. The summed E-state index contributed by atoms with van der Waals surface area (Å²) >= 11 is -0.739. The summed E-state index contributed by atoms with van der Waals surface area (Å²) in [5.41, 5.74) is 0.595. The molecule has 1 aromatic heterocycles. The van der Waals surface area contributed by atoms with Crippen molar-refractivity contribution in [1.82, 2.24) is 4.57 Å². The molecule has 1 heterocycles. The number of aromatic nitrogens is 1. The molecule has 0 amide bonds. The van der Waals surface area contributed by atoms with Gasteiger partial charge >= 0.3 is 30.3 Å². The Morgan fingerprint density at radius 1 is 1.17 bits per heavy atom. The smallest absolute Gasteiger partial charge is 0.368 e. The van der Waals surface area contributed by atoms with E-state index in [1.165, 1.54) is 0 Å². The van der Waals surface area contributed by atoms with Crippen LogP contribution in [0.2, 0.25) is 0 Å². The molecule has 0 saturated heterocycles. The van der Waals surface area contributed by atoms with Crippen LogP contribution in [0.25, 0.3) is 10.9 Å². The molecule has 0 unspecified atom stereocenters. The molecule has 0 spiro atoms. The second kappa shape index (κ2) is 6.62. The minimum atomic E-state index is -0.739. The van der Waals surface area contributed by atoms with Gasteiger partial charge in [0.2, 0.25) is 0 Å². The fourth-order valence-electron chi connectivity index (χ4n) is 2.50. The topological polar surface area (TPSA) is 51.5 Å². The van der Waals surface area contributed by atoms with Crippen LogP contribution in [-0.4, -0.2) is 16.8 Å². The molecule has 3 aromatic rings. The highest BCUT2D eigenvalue weighted by molar-refractivity contribution is 5.86. The molecule has 2 aromatic carbocycles. The van der Waals surface area contributed by atoms with Gasteiger partial charge in [-0.15, -0.1) is 0 Å². The third-order valence-corrected chi connectivity index (χ3v) is 6.50. The number of halogens is 1. The fraction of sp³-hybridized carbons (Fsp3) is 0.167. The van der Waals surface area contributed by atoms with Crippen molar-refractivity contribution in [3.63, 3.8) is 0 Å². The Kier molecular flexibility index (Phi) is 4.56. The van der Waals surface area contributed by atoms with Gasteiger partial charge in [-0.05, 0) is 31.2 Å². The molecule has 0 saturated carbocycles. The van der Waals surface area contributed by atoms with E-state index in [4.69, 9.17) is 4.74 Å². The molecule has 118 valence electrons. The summed E-state index contributed by atoms with van der Waals surface area (Å²) < 4.78 is 8.58. The van der Waals surface area contributed by atoms with Gasteiger partial charge in [-0.25, -0.2) is 0 Å². The van der Waals surface area contributed by atoms with Crippen LogP contribution in [0.1, 0.15) is 6.92 Å². The van der Waals surface area contributed by atoms with Crippen LogP contribution in [-0.2, 0) is 6.54 Å². The molecule has 0 bridgehead atoms. The van der Waals surface area contributed by atoms with Crippen molar-refractivity contribution in [2.75, 3.05) is 7.11 Å². The summed E-state index contributed by atoms with van der Waals surface area (Å²) in [5, 5.41) is 11.3. The number of nitrogens with zero attached hydrogens (tertiary/aromatic N) is 1. The van der Waals surface area contributed by atoms with Crippen molar-refractivity contribution in [1.29, 1.82) is 0 Å². The van der Waals surface area contributed by atoms with Crippen LogP contribution >= 0.6 is 0 Å². The van der Waals surface area contributed by atoms with Gasteiger partial charge in [-0.1, -0.05) is 18.2 Å². The van der Waals surface area contributed by atoms with Crippen molar-refractivity contribution in [3.05, 3.63) is 66.0 Å². The standard InChI is InChI=1S/C18H16INO3/c1-3-20-15-11-13(23-2)9-10-14(15)17(21)16(18(20)22)19-12-7-5-4-6-8-12/h4-11H,3H2,1-2H3/p+1. The molecular weight excluding hydrogens is 405 g/mol. The number of aromatic hydroxyl groups is 1. The Bertz CT molecular complexity index is 904. The average molecular weight is 422 g/mol. The fourth-order valence-corrected chi connectivity index (χ4v) is 4.96. The maximum absolute atomic E-state index is 12.8. The van der Waals surface area contributed by atoms with Crippen molar-refractivity contribution in [2.45, 2.75) is 13.5 Å². The van der Waals surface area contributed by atoms with Gasteiger partial charge in [0.05, 0.1) is 12.6 Å². The van der Waals surface area contributed by atoms with Crippen molar-refractivity contribution >= 4 is 10.9 Å². The highest BCUT2D eigenvalue weighted by Gasteiger charge is 2.28. The van der Waals surface area contributed by atoms with Crippen LogP contribution in [0.5, 0.6) is 11.5 Å². The second-order valence-electron chi connectivity index (χ2n) is 4.99. The SMILES string of the molecule is CCn1c(=O)c([I+]c2ccccc2)c(O)c2ccc(OC)cc21. The lowest BCUT2D eigenvalue weighted by atomic mass is 10.2. The average Bonchev–Trinajstić information content (AvgIpc) is 2.59. The third-order valence-electron chi connectivity index (χ3n) is 3.64. The summed E-state index contributed by atoms with van der Waals surface area (Å²) in [4.78, 5) is 12.8. The number of ether oxygens (including phenoxy) is 1. The quantitative estimate of drug-likeness (QED) is 0.596. The molecule has 0 aliphatic heterocycles. The molecule has 23 heavy (non-hydrogen) atoms. The number of aryl methyl sites for hydroxylation is 1. The Balaban J connectivity index is 2.25. The number of methoxy groups -OCH3 is 1. The highest BCUT2D eigenvalue weighted by atomic mass is 127. The van der Waals surface area contributed by atoms with E-state index in [2.05, 4.69) is 0 Å². The summed E-state index contributed by atoms with van der Waals surface area (Å²) in [6.07, 6.45) is 0. The first-order valence-electron chi connectivity index (χ1n) is 7.29. The minimum absolute atomic E-state index is 0.106. The molecule has 0 atom stereocenters. The van der Waals surface area contributed by atoms with Crippen LogP contribution in [0.4, 0.5) is 0 Å². The van der Waals surface area contributed by atoms with Gasteiger partial charge in [-0.3, -0.25) is 4.79 Å². The van der Waals surface area contributed by atoms with E-state index >= 15 is 0 Å². The predicted octanol–water partition coefficient (Wildman–Crippen LogP) is -0.136. The summed E-state index contributed by atoms with van der Waals surface area (Å²) in [6, 6.07) is 15.3. The monoisotopic (exact) mass is 422 g/mol. The van der Waals surface area contributed by atoms with E-state index in [9.17, 15) is 9.90 Å². The summed E-state index contributed by atoms with van der Waals surface area (Å²) in [5.74, 6) is 0.776. The van der Waals surface area contributed by atoms with Crippen LogP contribution in [0.15, 0.2) is 53.3 Å². The molecule has 3 rings (SSSR count). The van der Waals surface area contributed by atoms with Gasteiger partial charge < -0.3 is 14.4 Å². The van der Waals surface area contributed by atoms with Crippen molar-refractivity contribution in [2.24, 2.45) is 0 Å². The number of rotatable bonds is 4. The Morgan fingerprint density at radius 2 is 1.91 bits per heavy atom. The summed E-state index contributed by atoms with van der Waals surface area (Å²) in [7, 11) is 1.59. The lowest BCUT2D eigenvalue weighted by Gasteiger charge is -2.10. The first-order chi connectivity index (χ1) is 11.2. The molecule has 0 aliphatic rings. The lowest BCUT2D eigenvalue weighted by Crippen LogP contribution is -3.62. The van der Waals surface area contributed by atoms with Gasteiger partial charge in [0, 0.05) is 18.0 Å². The van der Waals surface area contributed by atoms with Gasteiger partial charge in [0.25, 0.3) is 0 Å². The lowest BCUT2D eigenvalue weighted by molar-refractivity contribution is -0.600. The number of hydrogen-bond acceptors (Lipinski definition) is 3. The predicted molar refractivity (Wildman–Crippen MR) is 85.9 cm³/mol. The van der Waals surface area contributed by atoms with Gasteiger partial charge in [-0.2, -0.15) is 0 Å². The van der Waals surface area contributed by atoms with Crippen LogP contribution < -0.4 is 31.5 Å². The molecule has 1 N–H and O–H groups in total. The van der Waals surface area contributed by atoms with Gasteiger partial charge in [0.15, 0.2) is 9.32 Å². The zero-order chi connectivity index (χ0) is 16.4. The molecule has 0 radical (unpaired) electrons. The van der Waals surface area contributed by atoms with E-state index < -0.39 is 21.2 Å². The highest BCUT2D eigenvalue weighted by Crippen LogP contribution is 2.26. The minimum Gasteiger partial charge on any atom is -0.503 e. The van der Waals surface area contributed by atoms with Crippen molar-refractivity contribution < 1.29 is 31.0 Å². The normalized spacial score (nSPS) is 10.9. The Morgan fingerprint density at radius 3 is 2.57 bits per heavy atom. The number of benzene rings is 2. The van der Waals surface area contributed by atoms with E-state index in [1.807, 2.05) is 43.3 Å². The van der Waals surface area contributed by atoms with Crippen molar-refractivity contribution in [3.8, 4) is 11.5 Å². The Hall–Kier alpha value is -2.02. The molecular formula is C18H17INO3+. The Labute approximate surface area is 144 Å². The van der Waals surface area contributed by atoms with E-state index in [0.717, 1.165) is 3.57 Å².